The summed E-state index contributed by atoms with van der Waals surface area (Å²) in [4.78, 5) is 0. The Kier molecular flexibility index (Phi) is 3.30. The number of rotatable bonds is 2. The normalized spacial score (nSPS) is 18.1. The molecule has 98 valence electrons. The Morgan fingerprint density at radius 3 is 2.84 bits per heavy atom. The van der Waals surface area contributed by atoms with E-state index in [1.54, 1.807) is 0 Å². The van der Waals surface area contributed by atoms with Crippen molar-refractivity contribution in [2.24, 2.45) is 0 Å². The quantitative estimate of drug-likeness (QED) is 0.871. The van der Waals surface area contributed by atoms with Gasteiger partial charge in [-0.3, -0.25) is 0 Å². The van der Waals surface area contributed by atoms with Gasteiger partial charge in [-0.15, -0.1) is 0 Å². The van der Waals surface area contributed by atoms with Crippen molar-refractivity contribution in [3.8, 4) is 0 Å². The average molecular weight is 259 g/mol. The summed E-state index contributed by atoms with van der Waals surface area (Å²) in [6.07, 6.45) is 1.46. The van der Waals surface area contributed by atoms with Crippen LogP contribution in [0.5, 0.6) is 0 Å². The Morgan fingerprint density at radius 1 is 1.11 bits per heavy atom. The lowest BCUT2D eigenvalue weighted by Gasteiger charge is -2.27. The molecule has 1 unspecified atom stereocenters. The Labute approximate surface area is 111 Å². The average Bonchev–Trinajstić information content (AvgIpc) is 2.43. The standard InChI is InChI=1S/C16H15F2N/c17-13-5-6-15(18)12(9-13)10-16-14-4-2-1-3-11(14)7-8-19-16/h1-6,9,16,19H,7-8,10H2. The highest BCUT2D eigenvalue weighted by Gasteiger charge is 2.20. The topological polar surface area (TPSA) is 12.0 Å². The predicted octanol–water partition coefficient (Wildman–Crippen LogP) is 3.39. The van der Waals surface area contributed by atoms with Crippen LogP contribution in [0.25, 0.3) is 0 Å². The number of hydrogen-bond acceptors (Lipinski definition) is 1. The monoisotopic (exact) mass is 259 g/mol. The van der Waals surface area contributed by atoms with Crippen molar-refractivity contribution in [3.05, 3.63) is 70.8 Å². The molecule has 2 aromatic carbocycles. The molecule has 0 bridgehead atoms. The molecular weight excluding hydrogens is 244 g/mol. The van der Waals surface area contributed by atoms with E-state index in [1.165, 1.54) is 23.3 Å². The lowest BCUT2D eigenvalue weighted by atomic mass is 9.90. The van der Waals surface area contributed by atoms with Gasteiger partial charge in [0.15, 0.2) is 0 Å². The minimum atomic E-state index is -0.388. The molecule has 0 aromatic heterocycles. The first kappa shape index (κ1) is 12.3. The number of fused-ring (bicyclic) bond motifs is 1. The number of halogens is 2. The third kappa shape index (κ3) is 2.51. The van der Waals surface area contributed by atoms with E-state index in [-0.39, 0.29) is 17.7 Å². The Morgan fingerprint density at radius 2 is 1.95 bits per heavy atom. The molecule has 0 saturated carbocycles. The van der Waals surface area contributed by atoms with E-state index >= 15 is 0 Å². The van der Waals surface area contributed by atoms with E-state index in [0.29, 0.717) is 12.0 Å². The van der Waals surface area contributed by atoms with Crippen molar-refractivity contribution in [1.29, 1.82) is 0 Å². The van der Waals surface area contributed by atoms with Crippen molar-refractivity contribution in [3.63, 3.8) is 0 Å². The molecule has 1 aliphatic rings. The molecule has 0 radical (unpaired) electrons. The summed E-state index contributed by atoms with van der Waals surface area (Å²) in [7, 11) is 0. The fraction of sp³-hybridized carbons (Fsp3) is 0.250. The van der Waals surface area contributed by atoms with Gasteiger partial charge in [0.25, 0.3) is 0 Å². The van der Waals surface area contributed by atoms with E-state index in [0.717, 1.165) is 19.0 Å². The zero-order valence-corrected chi connectivity index (χ0v) is 10.5. The van der Waals surface area contributed by atoms with Crippen LogP contribution in [0, 0.1) is 11.6 Å². The van der Waals surface area contributed by atoms with E-state index < -0.39 is 0 Å². The van der Waals surface area contributed by atoms with Crippen LogP contribution in [0.4, 0.5) is 8.78 Å². The molecule has 1 atom stereocenters. The second-order valence-electron chi connectivity index (χ2n) is 4.90. The van der Waals surface area contributed by atoms with Gasteiger partial charge in [-0.05, 0) is 54.3 Å². The molecule has 1 heterocycles. The summed E-state index contributed by atoms with van der Waals surface area (Å²) in [5, 5.41) is 3.38. The van der Waals surface area contributed by atoms with E-state index in [4.69, 9.17) is 0 Å². The van der Waals surface area contributed by atoms with Crippen LogP contribution < -0.4 is 5.32 Å². The molecule has 0 fully saturated rings. The van der Waals surface area contributed by atoms with Gasteiger partial charge in [0.05, 0.1) is 0 Å². The zero-order chi connectivity index (χ0) is 13.2. The first-order chi connectivity index (χ1) is 9.24. The van der Waals surface area contributed by atoms with Crippen molar-refractivity contribution in [1.82, 2.24) is 5.32 Å². The van der Waals surface area contributed by atoms with E-state index in [2.05, 4.69) is 17.4 Å². The van der Waals surface area contributed by atoms with Crippen LogP contribution in [-0.4, -0.2) is 6.54 Å². The maximum absolute atomic E-state index is 13.7. The van der Waals surface area contributed by atoms with Gasteiger partial charge in [0.1, 0.15) is 11.6 Å². The molecule has 0 saturated heterocycles. The van der Waals surface area contributed by atoms with Gasteiger partial charge in [-0.1, -0.05) is 24.3 Å². The highest BCUT2D eigenvalue weighted by Crippen LogP contribution is 2.26. The van der Waals surface area contributed by atoms with Crippen molar-refractivity contribution >= 4 is 0 Å². The fourth-order valence-corrected chi connectivity index (χ4v) is 2.69. The van der Waals surface area contributed by atoms with E-state index in [1.807, 2.05) is 12.1 Å². The molecule has 3 rings (SSSR count). The summed E-state index contributed by atoms with van der Waals surface area (Å²) in [6.45, 7) is 0.874. The van der Waals surface area contributed by atoms with Gasteiger partial charge in [0.2, 0.25) is 0 Å². The minimum absolute atomic E-state index is 0.0567. The largest absolute Gasteiger partial charge is 0.309 e. The van der Waals surface area contributed by atoms with Crippen LogP contribution in [-0.2, 0) is 12.8 Å². The summed E-state index contributed by atoms with van der Waals surface area (Å²) < 4.78 is 26.9. The SMILES string of the molecule is Fc1ccc(F)c(CC2NCCc3ccccc32)c1. The lowest BCUT2D eigenvalue weighted by molar-refractivity contribution is 0.487. The molecule has 19 heavy (non-hydrogen) atoms. The van der Waals surface area contributed by atoms with Gasteiger partial charge >= 0.3 is 0 Å². The first-order valence-electron chi connectivity index (χ1n) is 6.49. The van der Waals surface area contributed by atoms with Gasteiger partial charge in [-0.2, -0.15) is 0 Å². The Bertz CT molecular complexity index is 595. The predicted molar refractivity (Wildman–Crippen MR) is 71.0 cm³/mol. The van der Waals surface area contributed by atoms with Crippen LogP contribution >= 0.6 is 0 Å². The molecule has 0 amide bonds. The first-order valence-corrected chi connectivity index (χ1v) is 6.49. The number of nitrogens with one attached hydrogen (secondary N) is 1. The molecule has 1 aliphatic heterocycles. The smallest absolute Gasteiger partial charge is 0.126 e. The van der Waals surface area contributed by atoms with Crippen LogP contribution in [0.1, 0.15) is 22.7 Å². The fourth-order valence-electron chi connectivity index (χ4n) is 2.69. The summed E-state index contributed by atoms with van der Waals surface area (Å²) >= 11 is 0. The van der Waals surface area contributed by atoms with Crippen molar-refractivity contribution in [2.75, 3.05) is 6.54 Å². The second-order valence-corrected chi connectivity index (χ2v) is 4.90. The number of benzene rings is 2. The second kappa shape index (κ2) is 5.10. The highest BCUT2D eigenvalue weighted by atomic mass is 19.1. The third-order valence-corrected chi connectivity index (χ3v) is 3.65. The third-order valence-electron chi connectivity index (χ3n) is 3.65. The lowest BCUT2D eigenvalue weighted by Crippen LogP contribution is -2.31. The maximum atomic E-state index is 13.7. The summed E-state index contributed by atoms with van der Waals surface area (Å²) in [6, 6.07) is 11.9. The molecule has 0 aliphatic carbocycles. The molecule has 0 spiro atoms. The van der Waals surface area contributed by atoms with Gasteiger partial charge in [0, 0.05) is 6.04 Å². The van der Waals surface area contributed by atoms with Gasteiger partial charge < -0.3 is 5.32 Å². The summed E-state index contributed by atoms with van der Waals surface area (Å²) in [5.74, 6) is -0.730. The van der Waals surface area contributed by atoms with Crippen LogP contribution in [0.15, 0.2) is 42.5 Å². The van der Waals surface area contributed by atoms with E-state index in [9.17, 15) is 8.78 Å². The highest BCUT2D eigenvalue weighted by molar-refractivity contribution is 5.34. The molecule has 1 N–H and O–H groups in total. The molecule has 2 aromatic rings. The summed E-state index contributed by atoms with van der Waals surface area (Å²) in [5.41, 5.74) is 2.91. The molecule has 3 heteroatoms. The number of hydrogen-bond donors (Lipinski definition) is 1. The van der Waals surface area contributed by atoms with Gasteiger partial charge in [-0.25, -0.2) is 8.78 Å². The van der Waals surface area contributed by atoms with Crippen LogP contribution in [0.2, 0.25) is 0 Å². The van der Waals surface area contributed by atoms with Crippen molar-refractivity contribution < 1.29 is 8.78 Å². The minimum Gasteiger partial charge on any atom is -0.309 e. The van der Waals surface area contributed by atoms with Crippen molar-refractivity contribution in [2.45, 2.75) is 18.9 Å². The Hall–Kier alpha value is -1.74. The molecule has 1 nitrogen and oxygen atoms in total. The maximum Gasteiger partial charge on any atom is 0.126 e. The Balaban J connectivity index is 1.90. The van der Waals surface area contributed by atoms with Crippen LogP contribution in [0.3, 0.4) is 0 Å². The molecular formula is C16H15F2N. The zero-order valence-electron chi connectivity index (χ0n) is 10.5.